The molecule has 0 saturated heterocycles. The highest BCUT2D eigenvalue weighted by Gasteiger charge is 2.15. The molecule has 0 saturated carbocycles. The number of imidazole rings is 1. The molecule has 0 fully saturated rings. The van der Waals surface area contributed by atoms with Gasteiger partial charge in [0, 0.05) is 6.42 Å². The first-order chi connectivity index (χ1) is 15.3. The van der Waals surface area contributed by atoms with E-state index in [0.29, 0.717) is 0 Å². The Morgan fingerprint density at radius 1 is 0.548 bits per heavy atom. The zero-order valence-electron chi connectivity index (χ0n) is 21.8. The monoisotopic (exact) mass is 433 g/mol. The summed E-state index contributed by atoms with van der Waals surface area (Å²) >= 11 is 0. The van der Waals surface area contributed by atoms with Crippen LogP contribution in [0.1, 0.15) is 155 Å². The summed E-state index contributed by atoms with van der Waals surface area (Å²) in [7, 11) is 0. The van der Waals surface area contributed by atoms with E-state index in [4.69, 9.17) is 0 Å². The Bertz CT molecular complexity index is 491. The molecule has 0 N–H and O–H groups in total. The SMILES string of the molecule is CCCCCCCCCCCCCCc1n(CC)cc[n+]1CCCCCCCCCC. The van der Waals surface area contributed by atoms with Gasteiger partial charge < -0.3 is 0 Å². The minimum atomic E-state index is 1.11. The van der Waals surface area contributed by atoms with Crippen molar-refractivity contribution in [2.24, 2.45) is 0 Å². The van der Waals surface area contributed by atoms with Gasteiger partial charge >= 0.3 is 0 Å². The normalized spacial score (nSPS) is 11.5. The van der Waals surface area contributed by atoms with E-state index in [9.17, 15) is 0 Å². The molecule has 0 aliphatic heterocycles. The van der Waals surface area contributed by atoms with Crippen molar-refractivity contribution in [3.8, 4) is 0 Å². The molecular formula is C29H57N2+. The molecule has 1 heterocycles. The van der Waals surface area contributed by atoms with E-state index < -0.39 is 0 Å². The Hall–Kier alpha value is -0.790. The number of aromatic nitrogens is 2. The number of nitrogens with zero attached hydrogens (tertiary/aromatic N) is 2. The molecule has 1 rings (SSSR count). The predicted molar refractivity (Wildman–Crippen MR) is 138 cm³/mol. The van der Waals surface area contributed by atoms with Crippen LogP contribution in [0.5, 0.6) is 0 Å². The zero-order valence-corrected chi connectivity index (χ0v) is 21.8. The van der Waals surface area contributed by atoms with Crippen LogP contribution in [-0.4, -0.2) is 4.57 Å². The van der Waals surface area contributed by atoms with Crippen LogP contribution in [0.25, 0.3) is 0 Å². The topological polar surface area (TPSA) is 8.81 Å². The average Bonchev–Trinajstić information content (AvgIpc) is 3.18. The summed E-state index contributed by atoms with van der Waals surface area (Å²) in [6.07, 6.45) is 34.4. The maximum atomic E-state index is 2.55. The fourth-order valence-electron chi connectivity index (χ4n) is 4.82. The molecule has 1 aromatic rings. The van der Waals surface area contributed by atoms with Crippen LogP contribution in [0.4, 0.5) is 0 Å². The van der Waals surface area contributed by atoms with E-state index in [2.05, 4.69) is 42.3 Å². The van der Waals surface area contributed by atoms with E-state index in [0.717, 1.165) is 6.54 Å². The van der Waals surface area contributed by atoms with Gasteiger partial charge in [0.1, 0.15) is 12.4 Å². The van der Waals surface area contributed by atoms with E-state index >= 15 is 0 Å². The van der Waals surface area contributed by atoms with Gasteiger partial charge in [-0.15, -0.1) is 0 Å². The molecule has 0 unspecified atom stereocenters. The fourth-order valence-corrected chi connectivity index (χ4v) is 4.82. The van der Waals surface area contributed by atoms with Crippen LogP contribution >= 0.6 is 0 Å². The standard InChI is InChI=1S/C29H57N2/c1-4-7-9-11-13-15-16-17-18-19-21-23-25-29-30(6-3)27-28-31(29)26-24-22-20-14-12-10-8-5-2/h27-28H,4-26H2,1-3H3/q+1. The fraction of sp³-hybridized carbons (Fsp3) is 0.897. The third kappa shape index (κ3) is 14.8. The van der Waals surface area contributed by atoms with Gasteiger partial charge in [0.25, 0.3) is 5.82 Å². The van der Waals surface area contributed by atoms with Crippen LogP contribution in [0, 0.1) is 0 Å². The summed E-state index contributed by atoms with van der Waals surface area (Å²) < 4.78 is 5.03. The molecule has 0 bridgehead atoms. The second kappa shape index (κ2) is 21.1. The average molecular weight is 434 g/mol. The summed E-state index contributed by atoms with van der Waals surface area (Å²) in [5, 5.41) is 0. The molecule has 0 atom stereocenters. The van der Waals surface area contributed by atoms with Crippen LogP contribution in [0.2, 0.25) is 0 Å². The molecule has 0 aliphatic carbocycles. The second-order valence-corrected chi connectivity index (χ2v) is 9.81. The largest absolute Gasteiger partial charge is 0.256 e. The van der Waals surface area contributed by atoms with Crippen molar-refractivity contribution in [3.05, 3.63) is 18.2 Å². The van der Waals surface area contributed by atoms with Gasteiger partial charge in [-0.25, -0.2) is 9.13 Å². The first-order valence-electron chi connectivity index (χ1n) is 14.4. The van der Waals surface area contributed by atoms with E-state index in [-0.39, 0.29) is 0 Å². The summed E-state index contributed by atoms with van der Waals surface area (Å²) in [6.45, 7) is 9.21. The summed E-state index contributed by atoms with van der Waals surface area (Å²) in [6, 6.07) is 0. The molecule has 0 radical (unpaired) electrons. The van der Waals surface area contributed by atoms with Gasteiger partial charge in [-0.05, 0) is 26.2 Å². The lowest BCUT2D eigenvalue weighted by Crippen LogP contribution is -2.37. The zero-order chi connectivity index (χ0) is 22.4. The summed E-state index contributed by atoms with van der Waals surface area (Å²) in [4.78, 5) is 0. The number of unbranched alkanes of at least 4 members (excludes halogenated alkanes) is 18. The Morgan fingerprint density at radius 2 is 0.968 bits per heavy atom. The van der Waals surface area contributed by atoms with Crippen LogP contribution < -0.4 is 4.57 Å². The van der Waals surface area contributed by atoms with Crippen molar-refractivity contribution in [2.45, 2.75) is 169 Å². The van der Waals surface area contributed by atoms with Gasteiger partial charge in [0.2, 0.25) is 0 Å². The molecule has 2 heteroatoms. The highest BCUT2D eigenvalue weighted by atomic mass is 15.1. The Labute approximate surface area is 196 Å². The van der Waals surface area contributed by atoms with Crippen molar-refractivity contribution in [3.63, 3.8) is 0 Å². The van der Waals surface area contributed by atoms with Crippen molar-refractivity contribution in [2.75, 3.05) is 0 Å². The highest BCUT2D eigenvalue weighted by molar-refractivity contribution is 4.83. The van der Waals surface area contributed by atoms with E-state index in [1.165, 1.54) is 141 Å². The number of aryl methyl sites for hydroxylation is 2. The molecule has 0 amide bonds. The molecule has 31 heavy (non-hydrogen) atoms. The quantitative estimate of drug-likeness (QED) is 0.120. The minimum absolute atomic E-state index is 1.11. The lowest BCUT2D eigenvalue weighted by molar-refractivity contribution is -0.704. The number of hydrogen-bond acceptors (Lipinski definition) is 0. The highest BCUT2D eigenvalue weighted by Crippen LogP contribution is 2.13. The number of rotatable bonds is 23. The predicted octanol–water partition coefficient (Wildman–Crippen LogP) is 9.18. The third-order valence-electron chi connectivity index (χ3n) is 6.94. The van der Waals surface area contributed by atoms with Gasteiger partial charge in [-0.2, -0.15) is 0 Å². The third-order valence-corrected chi connectivity index (χ3v) is 6.94. The Balaban J connectivity index is 2.09. The van der Waals surface area contributed by atoms with Crippen molar-refractivity contribution in [1.29, 1.82) is 0 Å². The minimum Gasteiger partial charge on any atom is -0.235 e. The lowest BCUT2D eigenvalue weighted by Gasteiger charge is -2.06. The van der Waals surface area contributed by atoms with E-state index in [1.54, 1.807) is 5.82 Å². The number of hydrogen-bond donors (Lipinski definition) is 0. The maximum absolute atomic E-state index is 2.55. The molecule has 2 nitrogen and oxygen atoms in total. The van der Waals surface area contributed by atoms with Crippen LogP contribution in [-0.2, 0) is 19.5 Å². The molecule has 182 valence electrons. The van der Waals surface area contributed by atoms with Gasteiger partial charge in [0.15, 0.2) is 0 Å². The van der Waals surface area contributed by atoms with Crippen molar-refractivity contribution < 1.29 is 4.57 Å². The summed E-state index contributed by atoms with van der Waals surface area (Å²) in [5.74, 6) is 1.57. The smallest absolute Gasteiger partial charge is 0.235 e. The van der Waals surface area contributed by atoms with Crippen LogP contribution in [0.15, 0.2) is 12.4 Å². The van der Waals surface area contributed by atoms with Crippen molar-refractivity contribution >= 4 is 0 Å². The Kier molecular flexibility index (Phi) is 19.2. The van der Waals surface area contributed by atoms with E-state index in [1.807, 2.05) is 0 Å². The molecule has 0 aromatic carbocycles. The second-order valence-electron chi connectivity index (χ2n) is 9.81. The maximum Gasteiger partial charge on any atom is 0.256 e. The van der Waals surface area contributed by atoms with Crippen LogP contribution in [0.3, 0.4) is 0 Å². The molecule has 1 aromatic heterocycles. The summed E-state index contributed by atoms with van der Waals surface area (Å²) in [5.41, 5.74) is 0. The molecular weight excluding hydrogens is 376 g/mol. The van der Waals surface area contributed by atoms with Gasteiger partial charge in [-0.3, -0.25) is 0 Å². The van der Waals surface area contributed by atoms with Crippen molar-refractivity contribution in [1.82, 2.24) is 4.57 Å². The molecule has 0 spiro atoms. The first-order valence-corrected chi connectivity index (χ1v) is 14.4. The lowest BCUT2D eigenvalue weighted by atomic mass is 10.0. The Morgan fingerprint density at radius 3 is 1.42 bits per heavy atom. The first kappa shape index (κ1) is 28.2. The van der Waals surface area contributed by atoms with Gasteiger partial charge in [0.05, 0.1) is 13.1 Å². The molecule has 0 aliphatic rings. The van der Waals surface area contributed by atoms with Gasteiger partial charge in [-0.1, -0.05) is 123 Å².